The third-order valence-electron chi connectivity index (χ3n) is 3.50. The van der Waals surface area contributed by atoms with Crippen molar-refractivity contribution in [2.75, 3.05) is 46.9 Å². The molecule has 0 radical (unpaired) electrons. The van der Waals surface area contributed by atoms with Crippen molar-refractivity contribution in [3.63, 3.8) is 0 Å². The summed E-state index contributed by atoms with van der Waals surface area (Å²) in [7, 11) is 3.73. The number of hydrogen-bond acceptors (Lipinski definition) is 4. The minimum atomic E-state index is 0.359. The maximum atomic E-state index is 5.29. The van der Waals surface area contributed by atoms with Gasteiger partial charge < -0.3 is 15.4 Å². The lowest BCUT2D eigenvalue weighted by Gasteiger charge is -2.31. The van der Waals surface area contributed by atoms with Crippen LogP contribution in [0, 0.1) is 0 Å². The first kappa shape index (κ1) is 13.3. The second-order valence-corrected chi connectivity index (χ2v) is 4.67. The van der Waals surface area contributed by atoms with E-state index in [0.717, 1.165) is 38.5 Å². The summed E-state index contributed by atoms with van der Waals surface area (Å²) in [6, 6.07) is 8.67. The molecule has 0 saturated carbocycles. The van der Waals surface area contributed by atoms with E-state index in [1.807, 2.05) is 13.1 Å². The number of methoxy groups -OCH3 is 1. The van der Waals surface area contributed by atoms with Crippen molar-refractivity contribution < 1.29 is 4.74 Å². The highest BCUT2D eigenvalue weighted by molar-refractivity contribution is 5.30. The highest BCUT2D eigenvalue weighted by Gasteiger charge is 2.16. The van der Waals surface area contributed by atoms with Crippen LogP contribution in [-0.2, 0) is 0 Å². The third-order valence-corrected chi connectivity index (χ3v) is 3.50. The van der Waals surface area contributed by atoms with Crippen LogP contribution in [0.25, 0.3) is 0 Å². The van der Waals surface area contributed by atoms with Crippen molar-refractivity contribution >= 4 is 0 Å². The van der Waals surface area contributed by atoms with E-state index >= 15 is 0 Å². The van der Waals surface area contributed by atoms with E-state index in [2.05, 4.69) is 33.7 Å². The number of benzene rings is 1. The fourth-order valence-electron chi connectivity index (χ4n) is 2.37. The number of likely N-dealkylation sites (N-methyl/N-ethyl adjacent to an activating group) is 1. The predicted molar refractivity (Wildman–Crippen MR) is 74.1 cm³/mol. The summed E-state index contributed by atoms with van der Waals surface area (Å²) in [6.07, 6.45) is 0. The molecule has 4 nitrogen and oxygen atoms in total. The van der Waals surface area contributed by atoms with Gasteiger partial charge in [-0.15, -0.1) is 0 Å². The van der Waals surface area contributed by atoms with Crippen molar-refractivity contribution in [3.8, 4) is 5.75 Å². The molecule has 1 aliphatic heterocycles. The molecule has 0 spiro atoms. The summed E-state index contributed by atoms with van der Waals surface area (Å²) in [5, 5.41) is 6.78. The molecule has 1 heterocycles. The van der Waals surface area contributed by atoms with Gasteiger partial charge in [0.15, 0.2) is 0 Å². The van der Waals surface area contributed by atoms with E-state index in [4.69, 9.17) is 4.74 Å². The van der Waals surface area contributed by atoms with Gasteiger partial charge in [0.05, 0.1) is 7.11 Å². The zero-order chi connectivity index (χ0) is 12.8. The van der Waals surface area contributed by atoms with Crippen molar-refractivity contribution in [1.82, 2.24) is 15.5 Å². The van der Waals surface area contributed by atoms with Crippen LogP contribution in [0.4, 0.5) is 0 Å². The van der Waals surface area contributed by atoms with Crippen LogP contribution in [-0.4, -0.2) is 51.8 Å². The van der Waals surface area contributed by atoms with Gasteiger partial charge in [0.2, 0.25) is 0 Å². The van der Waals surface area contributed by atoms with Gasteiger partial charge >= 0.3 is 0 Å². The van der Waals surface area contributed by atoms with E-state index in [1.165, 1.54) is 5.56 Å². The lowest BCUT2D eigenvalue weighted by molar-refractivity contribution is 0.219. The fraction of sp³-hybridized carbons (Fsp3) is 0.571. The van der Waals surface area contributed by atoms with Crippen molar-refractivity contribution in [3.05, 3.63) is 29.8 Å². The summed E-state index contributed by atoms with van der Waals surface area (Å²) in [5.74, 6) is 0.924. The van der Waals surface area contributed by atoms with Gasteiger partial charge in [-0.25, -0.2) is 0 Å². The average molecular weight is 249 g/mol. The number of ether oxygens (including phenoxy) is 1. The standard InChI is InChI=1S/C14H23N3O/c1-15-14(11-17-8-6-16-7-9-17)12-4-3-5-13(10-12)18-2/h3-5,10,14-16H,6-9,11H2,1-2H3. The first-order valence-electron chi connectivity index (χ1n) is 6.58. The minimum absolute atomic E-state index is 0.359. The van der Waals surface area contributed by atoms with Crippen LogP contribution in [0.5, 0.6) is 5.75 Å². The molecule has 18 heavy (non-hydrogen) atoms. The molecule has 1 fully saturated rings. The number of hydrogen-bond donors (Lipinski definition) is 2. The fourth-order valence-corrected chi connectivity index (χ4v) is 2.37. The number of nitrogens with one attached hydrogen (secondary N) is 2. The monoisotopic (exact) mass is 249 g/mol. The molecule has 0 bridgehead atoms. The van der Waals surface area contributed by atoms with Gasteiger partial charge in [0.25, 0.3) is 0 Å². The molecule has 2 rings (SSSR count). The van der Waals surface area contributed by atoms with Crippen LogP contribution < -0.4 is 15.4 Å². The van der Waals surface area contributed by atoms with Crippen LogP contribution >= 0.6 is 0 Å². The third kappa shape index (κ3) is 3.45. The second-order valence-electron chi connectivity index (χ2n) is 4.67. The number of rotatable bonds is 5. The largest absolute Gasteiger partial charge is 0.497 e. The summed E-state index contributed by atoms with van der Waals surface area (Å²) in [6.45, 7) is 5.48. The van der Waals surface area contributed by atoms with Crippen LogP contribution in [0.2, 0.25) is 0 Å². The maximum Gasteiger partial charge on any atom is 0.119 e. The molecular formula is C14H23N3O. The zero-order valence-corrected chi connectivity index (χ0v) is 11.3. The number of nitrogens with zero attached hydrogens (tertiary/aromatic N) is 1. The van der Waals surface area contributed by atoms with Crippen molar-refractivity contribution in [2.24, 2.45) is 0 Å². The molecule has 1 aromatic carbocycles. The Morgan fingerprint density at radius 2 is 2.17 bits per heavy atom. The first-order valence-corrected chi connectivity index (χ1v) is 6.58. The van der Waals surface area contributed by atoms with Gasteiger partial charge in [0.1, 0.15) is 5.75 Å². The van der Waals surface area contributed by atoms with E-state index in [9.17, 15) is 0 Å². The van der Waals surface area contributed by atoms with Crippen molar-refractivity contribution in [2.45, 2.75) is 6.04 Å². The van der Waals surface area contributed by atoms with Crippen LogP contribution in [0.1, 0.15) is 11.6 Å². The average Bonchev–Trinajstić information content (AvgIpc) is 2.46. The van der Waals surface area contributed by atoms with Gasteiger partial charge in [-0.2, -0.15) is 0 Å². The lowest BCUT2D eigenvalue weighted by Crippen LogP contribution is -2.46. The van der Waals surface area contributed by atoms with Gasteiger partial charge in [-0.3, -0.25) is 4.90 Å². The Hall–Kier alpha value is -1.10. The lowest BCUT2D eigenvalue weighted by atomic mass is 10.1. The zero-order valence-electron chi connectivity index (χ0n) is 11.3. The Morgan fingerprint density at radius 3 is 2.83 bits per heavy atom. The predicted octanol–water partition coefficient (Wildman–Crippen LogP) is 0.861. The molecular weight excluding hydrogens is 226 g/mol. The van der Waals surface area contributed by atoms with Gasteiger partial charge in [0, 0.05) is 38.8 Å². The highest BCUT2D eigenvalue weighted by atomic mass is 16.5. The Balaban J connectivity index is 2.02. The first-order chi connectivity index (χ1) is 8.83. The SMILES string of the molecule is CNC(CN1CCNCC1)c1cccc(OC)c1. The summed E-state index contributed by atoms with van der Waals surface area (Å²) in [4.78, 5) is 2.50. The molecule has 0 aromatic heterocycles. The van der Waals surface area contributed by atoms with Crippen molar-refractivity contribution in [1.29, 1.82) is 0 Å². The molecule has 4 heteroatoms. The molecule has 1 unspecified atom stereocenters. The Labute approximate surface area is 109 Å². The summed E-state index contributed by atoms with van der Waals surface area (Å²) >= 11 is 0. The number of piperazine rings is 1. The second kappa shape index (κ2) is 6.73. The minimum Gasteiger partial charge on any atom is -0.497 e. The normalized spacial score (nSPS) is 18.6. The highest BCUT2D eigenvalue weighted by Crippen LogP contribution is 2.19. The van der Waals surface area contributed by atoms with E-state index in [-0.39, 0.29) is 0 Å². The molecule has 0 amide bonds. The Bertz CT molecular complexity index is 364. The molecule has 1 aromatic rings. The molecule has 1 saturated heterocycles. The van der Waals surface area contributed by atoms with Crippen LogP contribution in [0.15, 0.2) is 24.3 Å². The molecule has 1 atom stereocenters. The van der Waals surface area contributed by atoms with E-state index in [1.54, 1.807) is 7.11 Å². The smallest absolute Gasteiger partial charge is 0.119 e. The summed E-state index contributed by atoms with van der Waals surface area (Å²) < 4.78 is 5.29. The molecule has 1 aliphatic rings. The maximum absolute atomic E-state index is 5.29. The van der Waals surface area contributed by atoms with E-state index in [0.29, 0.717) is 6.04 Å². The quantitative estimate of drug-likeness (QED) is 0.811. The van der Waals surface area contributed by atoms with Crippen LogP contribution in [0.3, 0.4) is 0 Å². The summed E-state index contributed by atoms with van der Waals surface area (Å²) in [5.41, 5.74) is 1.29. The molecule has 100 valence electrons. The molecule has 0 aliphatic carbocycles. The van der Waals surface area contributed by atoms with Gasteiger partial charge in [-0.1, -0.05) is 12.1 Å². The Kier molecular flexibility index (Phi) is 4.99. The molecule has 2 N–H and O–H groups in total. The Morgan fingerprint density at radius 1 is 1.39 bits per heavy atom. The van der Waals surface area contributed by atoms with E-state index < -0.39 is 0 Å². The van der Waals surface area contributed by atoms with Gasteiger partial charge in [-0.05, 0) is 24.7 Å². The topological polar surface area (TPSA) is 36.5 Å².